The van der Waals surface area contributed by atoms with Gasteiger partial charge < -0.3 is 14.2 Å². The number of ether oxygens (including phenoxy) is 3. The lowest BCUT2D eigenvalue weighted by molar-refractivity contribution is -0.163. The summed E-state index contributed by atoms with van der Waals surface area (Å²) in [5.41, 5.74) is 0. The Balaban J connectivity index is 4.32. The molecule has 0 N–H and O–H groups in total. The minimum atomic E-state index is -0.552. The Morgan fingerprint density at radius 1 is 0.324 bits per heavy atom. The third kappa shape index (κ3) is 55.9. The Morgan fingerprint density at radius 3 is 1.03 bits per heavy atom. The first-order valence-corrected chi connectivity index (χ1v) is 29.5. The van der Waals surface area contributed by atoms with E-state index < -0.39 is 6.10 Å². The fourth-order valence-corrected chi connectivity index (χ4v) is 8.25. The zero-order chi connectivity index (χ0) is 49.2. The third-order valence-electron chi connectivity index (χ3n) is 12.7. The van der Waals surface area contributed by atoms with Gasteiger partial charge in [0.1, 0.15) is 6.61 Å². The summed E-state index contributed by atoms with van der Waals surface area (Å²) < 4.78 is 17.5. The number of carbonyl (C=O) groups excluding carboxylic acids is 2. The lowest BCUT2D eigenvalue weighted by Crippen LogP contribution is -2.30. The molecule has 1 atom stereocenters. The number of rotatable bonds is 54. The quantitative estimate of drug-likeness (QED) is 0.0345. The molecule has 68 heavy (non-hydrogen) atoms. The van der Waals surface area contributed by atoms with Gasteiger partial charge in [-0.15, -0.1) is 0 Å². The molecule has 0 saturated heterocycles. The molecule has 0 fully saturated rings. The normalized spacial score (nSPS) is 12.7. The van der Waals surface area contributed by atoms with Crippen LogP contribution in [0.1, 0.15) is 290 Å². The maximum atomic E-state index is 12.9. The summed E-state index contributed by atoms with van der Waals surface area (Å²) in [7, 11) is 0. The monoisotopic (exact) mass is 949 g/mol. The molecule has 0 aromatic carbocycles. The first-order valence-electron chi connectivity index (χ1n) is 29.5. The summed E-state index contributed by atoms with van der Waals surface area (Å²) >= 11 is 0. The molecule has 0 rings (SSSR count). The smallest absolute Gasteiger partial charge is 0.306 e. The van der Waals surface area contributed by atoms with Crippen molar-refractivity contribution in [2.45, 2.75) is 297 Å². The van der Waals surface area contributed by atoms with Crippen LogP contribution in [0.2, 0.25) is 0 Å². The van der Waals surface area contributed by atoms with Crippen LogP contribution < -0.4 is 0 Å². The van der Waals surface area contributed by atoms with Gasteiger partial charge in [-0.05, 0) is 116 Å². The van der Waals surface area contributed by atoms with Gasteiger partial charge in [0, 0.05) is 19.4 Å². The van der Waals surface area contributed by atoms with E-state index in [-0.39, 0.29) is 25.2 Å². The molecule has 0 aromatic rings. The fraction of sp³-hybridized carbons (Fsp3) is 0.778. The minimum absolute atomic E-state index is 0.0718. The van der Waals surface area contributed by atoms with E-state index in [1.165, 1.54) is 180 Å². The topological polar surface area (TPSA) is 61.8 Å². The Kier molecular flexibility index (Phi) is 56.4. The van der Waals surface area contributed by atoms with E-state index in [1.807, 2.05) is 0 Å². The van der Waals surface area contributed by atoms with Crippen LogP contribution in [-0.4, -0.2) is 37.9 Å². The molecule has 0 heterocycles. The van der Waals surface area contributed by atoms with Gasteiger partial charge in [-0.1, -0.05) is 235 Å². The molecule has 5 heteroatoms. The van der Waals surface area contributed by atoms with Gasteiger partial charge >= 0.3 is 11.9 Å². The summed E-state index contributed by atoms with van der Waals surface area (Å²) in [6.45, 7) is 7.77. The average Bonchev–Trinajstić information content (AvgIpc) is 3.34. The Labute approximate surface area is 423 Å². The van der Waals surface area contributed by atoms with Crippen molar-refractivity contribution in [3.63, 3.8) is 0 Å². The summed E-state index contributed by atoms with van der Waals surface area (Å²) in [5.74, 6) is -0.416. The number of carbonyl (C=O) groups is 2. The number of esters is 2. The molecule has 0 aliphatic carbocycles. The van der Waals surface area contributed by atoms with Crippen molar-refractivity contribution < 1.29 is 23.8 Å². The molecule has 0 aliphatic heterocycles. The second kappa shape index (κ2) is 58.7. The van der Waals surface area contributed by atoms with E-state index in [4.69, 9.17) is 14.2 Å². The molecule has 5 nitrogen and oxygen atoms in total. The second-order valence-corrected chi connectivity index (χ2v) is 19.5. The number of hydrogen-bond donors (Lipinski definition) is 0. The minimum Gasteiger partial charge on any atom is -0.462 e. The van der Waals surface area contributed by atoms with Crippen molar-refractivity contribution >= 4 is 11.9 Å². The highest BCUT2D eigenvalue weighted by Gasteiger charge is 2.17. The lowest BCUT2D eigenvalue weighted by Gasteiger charge is -2.18. The van der Waals surface area contributed by atoms with Crippen molar-refractivity contribution in [3.8, 4) is 0 Å². The number of allylic oxidation sites excluding steroid dienone is 12. The summed E-state index contributed by atoms with van der Waals surface area (Å²) in [6.07, 6.45) is 76.3. The maximum Gasteiger partial charge on any atom is 0.306 e. The molecule has 0 amide bonds. The first-order chi connectivity index (χ1) is 33.6. The highest BCUT2D eigenvalue weighted by molar-refractivity contribution is 5.70. The highest BCUT2D eigenvalue weighted by Crippen LogP contribution is 2.14. The third-order valence-corrected chi connectivity index (χ3v) is 12.7. The van der Waals surface area contributed by atoms with E-state index in [9.17, 15) is 9.59 Å². The Bertz CT molecular complexity index is 1210. The predicted molar refractivity (Wildman–Crippen MR) is 297 cm³/mol. The van der Waals surface area contributed by atoms with Crippen LogP contribution in [0.15, 0.2) is 72.9 Å². The average molecular weight is 950 g/mol. The lowest BCUT2D eigenvalue weighted by atomic mass is 10.1. The summed E-state index contributed by atoms with van der Waals surface area (Å²) in [6, 6.07) is 0. The van der Waals surface area contributed by atoms with Crippen LogP contribution in [-0.2, 0) is 23.8 Å². The van der Waals surface area contributed by atoms with Gasteiger partial charge in [0.2, 0.25) is 0 Å². The van der Waals surface area contributed by atoms with Gasteiger partial charge in [-0.25, -0.2) is 0 Å². The van der Waals surface area contributed by atoms with Crippen molar-refractivity contribution in [1.82, 2.24) is 0 Å². The SMILES string of the molecule is CCCCC/C=C\C/C=C\C/C=C\CCCCCCCCC(=O)OCC(COCCCCCCCC/C=C\CCCCCCCC)OC(=O)CCCCCCCCC/C=C\C/C=C\CCCCC. The second-order valence-electron chi connectivity index (χ2n) is 19.5. The Morgan fingerprint density at radius 2 is 0.618 bits per heavy atom. The number of unbranched alkanes of at least 4 members (excludes halogenated alkanes) is 31. The van der Waals surface area contributed by atoms with Crippen LogP contribution >= 0.6 is 0 Å². The zero-order valence-corrected chi connectivity index (χ0v) is 45.4. The zero-order valence-electron chi connectivity index (χ0n) is 45.4. The van der Waals surface area contributed by atoms with Crippen LogP contribution in [0.25, 0.3) is 0 Å². The van der Waals surface area contributed by atoms with Crippen LogP contribution in [0.4, 0.5) is 0 Å². The number of hydrogen-bond acceptors (Lipinski definition) is 5. The van der Waals surface area contributed by atoms with Gasteiger partial charge in [0.05, 0.1) is 6.61 Å². The van der Waals surface area contributed by atoms with E-state index in [0.717, 1.165) is 77.0 Å². The summed E-state index contributed by atoms with van der Waals surface area (Å²) in [5, 5.41) is 0. The van der Waals surface area contributed by atoms with Crippen LogP contribution in [0.5, 0.6) is 0 Å². The van der Waals surface area contributed by atoms with Crippen molar-refractivity contribution in [2.24, 2.45) is 0 Å². The van der Waals surface area contributed by atoms with E-state index in [0.29, 0.717) is 19.4 Å². The van der Waals surface area contributed by atoms with E-state index in [2.05, 4.69) is 93.7 Å². The predicted octanol–water partition coefficient (Wildman–Crippen LogP) is 20.2. The molecule has 0 spiro atoms. The van der Waals surface area contributed by atoms with Crippen molar-refractivity contribution in [1.29, 1.82) is 0 Å². The van der Waals surface area contributed by atoms with Crippen LogP contribution in [0.3, 0.4) is 0 Å². The van der Waals surface area contributed by atoms with Gasteiger partial charge in [-0.3, -0.25) is 9.59 Å². The highest BCUT2D eigenvalue weighted by atomic mass is 16.6. The maximum absolute atomic E-state index is 12.9. The molecular formula is C63H112O5. The molecule has 0 aliphatic rings. The first kappa shape index (κ1) is 65.3. The molecule has 394 valence electrons. The van der Waals surface area contributed by atoms with Gasteiger partial charge in [0.15, 0.2) is 6.10 Å². The van der Waals surface area contributed by atoms with Crippen molar-refractivity contribution in [2.75, 3.05) is 19.8 Å². The van der Waals surface area contributed by atoms with Gasteiger partial charge in [-0.2, -0.15) is 0 Å². The molecule has 0 bridgehead atoms. The van der Waals surface area contributed by atoms with Crippen molar-refractivity contribution in [3.05, 3.63) is 72.9 Å². The Hall–Kier alpha value is -2.66. The molecular weight excluding hydrogens is 837 g/mol. The van der Waals surface area contributed by atoms with Crippen LogP contribution in [0, 0.1) is 0 Å². The van der Waals surface area contributed by atoms with E-state index in [1.54, 1.807) is 0 Å². The van der Waals surface area contributed by atoms with E-state index >= 15 is 0 Å². The molecule has 0 saturated carbocycles. The van der Waals surface area contributed by atoms with Gasteiger partial charge in [0.25, 0.3) is 0 Å². The standard InChI is InChI=1S/C63H112O5/c1-4-7-10-13-16-19-22-25-28-31-32-34-35-38-41-44-47-50-53-56-62(64)67-60-61(59-66-58-55-52-49-46-43-40-37-30-27-24-21-18-15-12-9-6-3)68-63(65)57-54-51-48-45-42-39-36-33-29-26-23-20-17-14-11-8-5-2/h16-17,19-20,25-30,32,34,61H,4-15,18,21-24,31,33,35-60H2,1-3H3/b19-16-,20-17-,28-25-,29-26-,30-27-,34-32-. The summed E-state index contributed by atoms with van der Waals surface area (Å²) in [4.78, 5) is 25.5. The molecule has 0 radical (unpaired) electrons. The molecule has 0 aromatic heterocycles. The fourth-order valence-electron chi connectivity index (χ4n) is 8.25. The molecule has 1 unspecified atom stereocenters. The largest absolute Gasteiger partial charge is 0.462 e.